The molecule has 0 aliphatic carbocycles. The van der Waals surface area contributed by atoms with E-state index in [2.05, 4.69) is 10.3 Å². The van der Waals surface area contributed by atoms with Gasteiger partial charge in [-0.2, -0.15) is 5.26 Å². The number of nitrogens with zero attached hydrogens (tertiary/aromatic N) is 3. The number of nitrogens with two attached hydrogens (primary N) is 1. The van der Waals surface area contributed by atoms with Crippen molar-refractivity contribution >= 4 is 28.4 Å². The predicted molar refractivity (Wildman–Crippen MR) is 100 cm³/mol. The summed E-state index contributed by atoms with van der Waals surface area (Å²) in [5.41, 5.74) is 5.74. The van der Waals surface area contributed by atoms with Crippen molar-refractivity contribution in [3.05, 3.63) is 30.0 Å². The Hall–Kier alpha value is -3.34. The number of carbonyl (C=O) groups is 2. The van der Waals surface area contributed by atoms with Crippen molar-refractivity contribution in [3.8, 4) is 11.8 Å². The maximum Gasteiger partial charge on any atom is 0.252 e. The van der Waals surface area contributed by atoms with Gasteiger partial charge in [-0.1, -0.05) is 0 Å². The van der Waals surface area contributed by atoms with Crippen LogP contribution in [0, 0.1) is 11.3 Å². The van der Waals surface area contributed by atoms with Crippen molar-refractivity contribution < 1.29 is 14.3 Å². The van der Waals surface area contributed by atoms with Crippen LogP contribution in [0.4, 0.5) is 5.82 Å². The van der Waals surface area contributed by atoms with E-state index in [1.54, 1.807) is 29.3 Å². The third-order valence-electron chi connectivity index (χ3n) is 4.70. The Balaban J connectivity index is 1.87. The van der Waals surface area contributed by atoms with Crippen molar-refractivity contribution in [2.45, 2.75) is 25.3 Å². The van der Waals surface area contributed by atoms with Gasteiger partial charge in [-0.25, -0.2) is 4.98 Å². The SMILES string of the molecule is COc1cc2c(N[C@@H]3CCCN(C(=O)CC#N)C3)nccc2cc1C(N)=O. The lowest BCUT2D eigenvalue weighted by Crippen LogP contribution is -2.45. The van der Waals surface area contributed by atoms with Crippen LogP contribution in [0.1, 0.15) is 29.6 Å². The van der Waals surface area contributed by atoms with Gasteiger partial charge in [-0.3, -0.25) is 9.59 Å². The van der Waals surface area contributed by atoms with Crippen LogP contribution in [0.2, 0.25) is 0 Å². The number of anilines is 1. The fourth-order valence-electron chi connectivity index (χ4n) is 3.37. The summed E-state index contributed by atoms with van der Waals surface area (Å²) in [6.45, 7) is 1.19. The fraction of sp³-hybridized carbons (Fsp3) is 0.368. The number of nitrogens with one attached hydrogen (secondary N) is 1. The zero-order valence-electron chi connectivity index (χ0n) is 15.1. The predicted octanol–water partition coefficient (Wildman–Crippen LogP) is 1.66. The lowest BCUT2D eigenvalue weighted by atomic mass is 10.0. The standard InChI is InChI=1S/C19H21N5O3/c1-27-16-10-14-12(9-15(16)18(21)26)5-7-22-19(14)23-13-3-2-8-24(11-13)17(25)4-6-20/h5,7,9-10,13H,2-4,8,11H2,1H3,(H2,21,26)(H,22,23)/t13-/m1/s1. The minimum atomic E-state index is -0.556. The number of likely N-dealkylation sites (tertiary alicyclic amines) is 1. The van der Waals surface area contributed by atoms with Crippen LogP contribution in [0.25, 0.3) is 10.8 Å². The van der Waals surface area contributed by atoms with E-state index in [-0.39, 0.29) is 18.4 Å². The molecule has 0 unspecified atom stereocenters. The first-order chi connectivity index (χ1) is 13.0. The number of fused-ring (bicyclic) bond motifs is 1. The Morgan fingerprint density at radius 2 is 2.30 bits per heavy atom. The van der Waals surface area contributed by atoms with E-state index in [4.69, 9.17) is 15.7 Å². The van der Waals surface area contributed by atoms with E-state index in [0.29, 0.717) is 30.2 Å². The molecule has 2 aromatic rings. The molecule has 1 fully saturated rings. The number of amides is 2. The summed E-state index contributed by atoms with van der Waals surface area (Å²) >= 11 is 0. The molecule has 1 aliphatic heterocycles. The first kappa shape index (κ1) is 18.5. The highest BCUT2D eigenvalue weighted by Crippen LogP contribution is 2.30. The van der Waals surface area contributed by atoms with E-state index in [9.17, 15) is 9.59 Å². The molecular weight excluding hydrogens is 346 g/mol. The molecule has 1 aromatic heterocycles. The monoisotopic (exact) mass is 367 g/mol. The van der Waals surface area contributed by atoms with E-state index in [1.807, 2.05) is 6.07 Å². The third kappa shape index (κ3) is 3.92. The maximum atomic E-state index is 12.0. The lowest BCUT2D eigenvalue weighted by molar-refractivity contribution is -0.131. The van der Waals surface area contributed by atoms with Gasteiger partial charge in [0.25, 0.3) is 5.91 Å². The van der Waals surface area contributed by atoms with Gasteiger partial charge in [0, 0.05) is 30.7 Å². The molecule has 0 spiro atoms. The zero-order valence-corrected chi connectivity index (χ0v) is 15.1. The zero-order chi connectivity index (χ0) is 19.4. The van der Waals surface area contributed by atoms with Crippen molar-refractivity contribution in [1.82, 2.24) is 9.88 Å². The summed E-state index contributed by atoms with van der Waals surface area (Å²) < 4.78 is 5.30. The van der Waals surface area contributed by atoms with Gasteiger partial charge in [0.1, 0.15) is 18.0 Å². The summed E-state index contributed by atoms with van der Waals surface area (Å²) in [4.78, 5) is 29.8. The number of ether oxygens (including phenoxy) is 1. The number of piperidine rings is 1. The molecule has 2 heterocycles. The number of benzene rings is 1. The van der Waals surface area contributed by atoms with Crippen LogP contribution in [-0.2, 0) is 4.79 Å². The maximum absolute atomic E-state index is 12.0. The highest BCUT2D eigenvalue weighted by atomic mass is 16.5. The normalized spacial score (nSPS) is 16.6. The molecule has 3 rings (SSSR count). The second-order valence-electron chi connectivity index (χ2n) is 6.46. The Morgan fingerprint density at radius 1 is 1.48 bits per heavy atom. The van der Waals surface area contributed by atoms with Gasteiger partial charge in [-0.05, 0) is 36.4 Å². The number of hydrogen-bond acceptors (Lipinski definition) is 6. The first-order valence-corrected chi connectivity index (χ1v) is 8.71. The molecule has 1 saturated heterocycles. The molecule has 8 heteroatoms. The van der Waals surface area contributed by atoms with Gasteiger partial charge in [0.2, 0.25) is 5.91 Å². The average Bonchev–Trinajstić information content (AvgIpc) is 2.67. The fourth-order valence-corrected chi connectivity index (χ4v) is 3.37. The second kappa shape index (κ2) is 7.91. The van der Waals surface area contributed by atoms with Gasteiger partial charge in [0.15, 0.2) is 0 Å². The van der Waals surface area contributed by atoms with Crippen LogP contribution in [-0.4, -0.2) is 47.9 Å². The van der Waals surface area contributed by atoms with Crippen LogP contribution < -0.4 is 15.8 Å². The molecule has 1 aliphatic rings. The average molecular weight is 367 g/mol. The molecule has 0 saturated carbocycles. The number of carbonyl (C=O) groups excluding carboxylic acids is 2. The molecular formula is C19H21N5O3. The Morgan fingerprint density at radius 3 is 3.00 bits per heavy atom. The number of aromatic nitrogens is 1. The summed E-state index contributed by atoms with van der Waals surface area (Å²) in [5, 5.41) is 13.7. The van der Waals surface area contributed by atoms with Crippen molar-refractivity contribution in [1.29, 1.82) is 5.26 Å². The van der Waals surface area contributed by atoms with E-state index in [0.717, 1.165) is 23.6 Å². The quantitative estimate of drug-likeness (QED) is 0.829. The molecule has 0 radical (unpaired) electrons. The summed E-state index contributed by atoms with van der Waals surface area (Å²) in [7, 11) is 1.48. The Labute approximate surface area is 156 Å². The molecule has 0 bridgehead atoms. The van der Waals surface area contributed by atoms with E-state index in [1.165, 1.54) is 7.11 Å². The largest absolute Gasteiger partial charge is 0.496 e. The summed E-state index contributed by atoms with van der Waals surface area (Å²) in [6, 6.07) is 7.17. The first-order valence-electron chi connectivity index (χ1n) is 8.71. The van der Waals surface area contributed by atoms with Gasteiger partial charge >= 0.3 is 0 Å². The smallest absolute Gasteiger partial charge is 0.252 e. The van der Waals surface area contributed by atoms with Crippen LogP contribution in [0.3, 0.4) is 0 Å². The lowest BCUT2D eigenvalue weighted by Gasteiger charge is -2.33. The van der Waals surface area contributed by atoms with Gasteiger partial charge in [0.05, 0.1) is 18.7 Å². The Bertz CT molecular complexity index is 921. The van der Waals surface area contributed by atoms with Crippen molar-refractivity contribution in [2.24, 2.45) is 5.73 Å². The number of pyridine rings is 1. The summed E-state index contributed by atoms with van der Waals surface area (Å²) in [6.07, 6.45) is 3.30. The highest BCUT2D eigenvalue weighted by Gasteiger charge is 2.24. The number of methoxy groups -OCH3 is 1. The number of rotatable bonds is 5. The minimum Gasteiger partial charge on any atom is -0.496 e. The van der Waals surface area contributed by atoms with Crippen LogP contribution >= 0.6 is 0 Å². The molecule has 1 atom stereocenters. The van der Waals surface area contributed by atoms with Crippen LogP contribution in [0.15, 0.2) is 24.4 Å². The highest BCUT2D eigenvalue weighted by molar-refractivity contribution is 6.03. The minimum absolute atomic E-state index is 0.0290. The van der Waals surface area contributed by atoms with Crippen molar-refractivity contribution in [3.63, 3.8) is 0 Å². The Kier molecular flexibility index (Phi) is 5.41. The number of nitriles is 1. The number of primary amides is 1. The third-order valence-corrected chi connectivity index (χ3v) is 4.70. The molecule has 27 heavy (non-hydrogen) atoms. The molecule has 1 aromatic carbocycles. The van der Waals surface area contributed by atoms with E-state index < -0.39 is 5.91 Å². The summed E-state index contributed by atoms with van der Waals surface area (Å²) in [5.74, 6) is 0.337. The molecule has 2 amide bonds. The van der Waals surface area contributed by atoms with Gasteiger partial charge < -0.3 is 20.7 Å². The van der Waals surface area contributed by atoms with E-state index >= 15 is 0 Å². The van der Waals surface area contributed by atoms with Crippen LogP contribution in [0.5, 0.6) is 5.75 Å². The molecule has 140 valence electrons. The van der Waals surface area contributed by atoms with Gasteiger partial charge in [-0.15, -0.1) is 0 Å². The molecule has 3 N–H and O–H groups in total. The molecule has 8 nitrogen and oxygen atoms in total. The second-order valence-corrected chi connectivity index (χ2v) is 6.46. The number of hydrogen-bond donors (Lipinski definition) is 2. The van der Waals surface area contributed by atoms with Crippen molar-refractivity contribution in [2.75, 3.05) is 25.5 Å². The topological polar surface area (TPSA) is 121 Å².